The van der Waals surface area contributed by atoms with E-state index in [1.165, 1.54) is 0 Å². The summed E-state index contributed by atoms with van der Waals surface area (Å²) in [6, 6.07) is 16.8. The lowest BCUT2D eigenvalue weighted by Gasteiger charge is -2.10. The van der Waals surface area contributed by atoms with E-state index in [4.69, 9.17) is 9.47 Å². The Morgan fingerprint density at radius 2 is 1.93 bits per heavy atom. The first kappa shape index (κ1) is 18.5. The van der Waals surface area contributed by atoms with E-state index in [0.29, 0.717) is 37.6 Å². The van der Waals surface area contributed by atoms with E-state index in [2.05, 4.69) is 10.4 Å². The van der Waals surface area contributed by atoms with Crippen LogP contribution in [-0.2, 0) is 17.8 Å². The molecule has 140 valence electrons. The third kappa shape index (κ3) is 5.88. The van der Waals surface area contributed by atoms with Gasteiger partial charge < -0.3 is 14.8 Å². The topological polar surface area (TPSA) is 65.4 Å². The first-order valence-electron chi connectivity index (χ1n) is 8.95. The molecule has 0 saturated carbocycles. The van der Waals surface area contributed by atoms with Gasteiger partial charge in [0.2, 0.25) is 5.91 Å². The molecule has 1 amide bonds. The van der Waals surface area contributed by atoms with Crippen molar-refractivity contribution in [1.29, 1.82) is 0 Å². The van der Waals surface area contributed by atoms with Gasteiger partial charge in [0, 0.05) is 24.1 Å². The lowest BCUT2D eigenvalue weighted by atomic mass is 10.1. The Bertz CT molecular complexity index is 845. The van der Waals surface area contributed by atoms with Gasteiger partial charge in [-0.25, -0.2) is 0 Å². The Morgan fingerprint density at radius 1 is 1.07 bits per heavy atom. The van der Waals surface area contributed by atoms with Gasteiger partial charge in [-0.05, 0) is 42.8 Å². The van der Waals surface area contributed by atoms with Crippen molar-refractivity contribution in [3.63, 3.8) is 0 Å². The van der Waals surface area contributed by atoms with E-state index in [1.54, 1.807) is 6.20 Å². The average molecular weight is 365 g/mol. The number of anilines is 1. The zero-order valence-corrected chi connectivity index (χ0v) is 15.3. The summed E-state index contributed by atoms with van der Waals surface area (Å²) in [5.41, 5.74) is 1.64. The second-order valence-corrected chi connectivity index (χ2v) is 5.95. The van der Waals surface area contributed by atoms with Crippen LogP contribution >= 0.6 is 0 Å². The second kappa shape index (κ2) is 9.43. The molecular formula is C21H23N3O3. The predicted octanol–water partition coefficient (Wildman–Crippen LogP) is 3.54. The monoisotopic (exact) mass is 365 g/mol. The molecule has 6 heteroatoms. The van der Waals surface area contributed by atoms with E-state index >= 15 is 0 Å². The highest BCUT2D eigenvalue weighted by Crippen LogP contribution is 2.18. The molecule has 0 aliphatic carbocycles. The van der Waals surface area contributed by atoms with E-state index in [0.717, 1.165) is 11.3 Å². The Hall–Kier alpha value is -3.28. The minimum absolute atomic E-state index is 0.0761. The van der Waals surface area contributed by atoms with Gasteiger partial charge in [-0.15, -0.1) is 0 Å². The van der Waals surface area contributed by atoms with E-state index < -0.39 is 0 Å². The van der Waals surface area contributed by atoms with Crippen LogP contribution in [0.2, 0.25) is 0 Å². The van der Waals surface area contributed by atoms with Crippen LogP contribution in [-0.4, -0.2) is 28.9 Å². The summed E-state index contributed by atoms with van der Waals surface area (Å²) in [5.74, 6) is 1.44. The summed E-state index contributed by atoms with van der Waals surface area (Å²) in [4.78, 5) is 12.3. The number of ether oxygens (including phenoxy) is 2. The van der Waals surface area contributed by atoms with Crippen molar-refractivity contribution in [2.24, 2.45) is 0 Å². The van der Waals surface area contributed by atoms with E-state index in [-0.39, 0.29) is 5.91 Å². The number of carbonyl (C=O) groups excluding carboxylic acids is 1. The van der Waals surface area contributed by atoms with Crippen LogP contribution in [0.25, 0.3) is 0 Å². The van der Waals surface area contributed by atoms with E-state index in [1.807, 2.05) is 72.4 Å². The Labute approximate surface area is 158 Å². The maximum absolute atomic E-state index is 12.3. The molecule has 6 nitrogen and oxygen atoms in total. The van der Waals surface area contributed by atoms with Crippen LogP contribution in [0.3, 0.4) is 0 Å². The third-order valence-corrected chi connectivity index (χ3v) is 3.87. The van der Waals surface area contributed by atoms with Crippen molar-refractivity contribution in [3.8, 4) is 11.5 Å². The van der Waals surface area contributed by atoms with Gasteiger partial charge in [-0.3, -0.25) is 9.48 Å². The fourth-order valence-corrected chi connectivity index (χ4v) is 2.61. The molecule has 0 bridgehead atoms. The van der Waals surface area contributed by atoms with Crippen LogP contribution < -0.4 is 14.8 Å². The Kier molecular flexibility index (Phi) is 6.46. The van der Waals surface area contributed by atoms with E-state index in [9.17, 15) is 4.79 Å². The molecule has 3 rings (SSSR count). The van der Waals surface area contributed by atoms with Crippen molar-refractivity contribution >= 4 is 11.6 Å². The fraction of sp³-hybridized carbons (Fsp3) is 0.238. The molecule has 27 heavy (non-hydrogen) atoms. The summed E-state index contributed by atoms with van der Waals surface area (Å²) in [5, 5.41) is 7.04. The molecular weight excluding hydrogens is 342 g/mol. The smallest absolute Gasteiger partial charge is 0.228 e. The highest BCUT2D eigenvalue weighted by Gasteiger charge is 2.06. The lowest BCUT2D eigenvalue weighted by molar-refractivity contribution is -0.115. The van der Waals surface area contributed by atoms with Gasteiger partial charge in [0.05, 0.1) is 19.6 Å². The molecule has 2 aromatic carbocycles. The van der Waals surface area contributed by atoms with Crippen LogP contribution in [0.5, 0.6) is 11.5 Å². The van der Waals surface area contributed by atoms with Crippen molar-refractivity contribution in [3.05, 3.63) is 72.6 Å². The quantitative estimate of drug-likeness (QED) is 0.630. The number of rotatable bonds is 9. The normalized spacial score (nSPS) is 10.4. The number of amides is 1. The predicted molar refractivity (Wildman–Crippen MR) is 104 cm³/mol. The maximum atomic E-state index is 12.3. The number of nitrogens with zero attached hydrogens (tertiary/aromatic N) is 2. The molecule has 1 aromatic heterocycles. The lowest BCUT2D eigenvalue weighted by Crippen LogP contribution is -2.14. The van der Waals surface area contributed by atoms with Crippen LogP contribution in [0.15, 0.2) is 67.0 Å². The first-order chi connectivity index (χ1) is 13.2. The molecule has 0 atom stereocenters. The molecule has 0 aliphatic rings. The third-order valence-electron chi connectivity index (χ3n) is 3.87. The molecule has 1 heterocycles. The Balaban J connectivity index is 1.49. The van der Waals surface area contributed by atoms with Gasteiger partial charge in [-0.1, -0.05) is 18.2 Å². The zero-order valence-electron chi connectivity index (χ0n) is 15.3. The summed E-state index contributed by atoms with van der Waals surface area (Å²) in [7, 11) is 0. The number of hydrogen-bond donors (Lipinski definition) is 1. The molecule has 0 spiro atoms. The van der Waals surface area contributed by atoms with Crippen molar-refractivity contribution in [2.75, 3.05) is 18.5 Å². The summed E-state index contributed by atoms with van der Waals surface area (Å²) in [6.07, 6.45) is 3.93. The molecule has 0 radical (unpaired) electrons. The van der Waals surface area contributed by atoms with Gasteiger partial charge >= 0.3 is 0 Å². The number of carbonyl (C=O) groups is 1. The maximum Gasteiger partial charge on any atom is 0.228 e. The first-order valence-corrected chi connectivity index (χ1v) is 8.95. The molecule has 1 N–H and O–H groups in total. The second-order valence-electron chi connectivity index (χ2n) is 5.95. The van der Waals surface area contributed by atoms with Crippen molar-refractivity contribution < 1.29 is 14.3 Å². The minimum Gasteiger partial charge on any atom is -0.494 e. The standard InChI is InChI=1S/C21H23N3O3/c1-2-26-19-9-7-17(8-10-19)15-21(25)23-18-5-3-6-20(16-18)27-14-13-24-12-4-11-22-24/h3-12,16H,2,13-15H2,1H3,(H,23,25). The summed E-state index contributed by atoms with van der Waals surface area (Å²) < 4.78 is 12.9. The molecule has 0 aliphatic heterocycles. The van der Waals surface area contributed by atoms with Crippen LogP contribution in [0.1, 0.15) is 12.5 Å². The molecule has 0 unspecified atom stereocenters. The van der Waals surface area contributed by atoms with Gasteiger partial charge in [-0.2, -0.15) is 5.10 Å². The largest absolute Gasteiger partial charge is 0.494 e. The van der Waals surface area contributed by atoms with Crippen LogP contribution in [0, 0.1) is 0 Å². The average Bonchev–Trinajstić information content (AvgIpc) is 3.17. The SMILES string of the molecule is CCOc1ccc(CC(=O)Nc2cccc(OCCn3cccn3)c2)cc1. The van der Waals surface area contributed by atoms with Crippen molar-refractivity contribution in [1.82, 2.24) is 9.78 Å². The number of benzene rings is 2. The minimum atomic E-state index is -0.0761. The van der Waals surface area contributed by atoms with Gasteiger partial charge in [0.1, 0.15) is 18.1 Å². The van der Waals surface area contributed by atoms with Crippen LogP contribution in [0.4, 0.5) is 5.69 Å². The fourth-order valence-electron chi connectivity index (χ4n) is 2.61. The molecule has 0 fully saturated rings. The number of nitrogens with one attached hydrogen (secondary N) is 1. The molecule has 0 saturated heterocycles. The number of hydrogen-bond acceptors (Lipinski definition) is 4. The highest BCUT2D eigenvalue weighted by atomic mass is 16.5. The summed E-state index contributed by atoms with van der Waals surface area (Å²) >= 11 is 0. The summed E-state index contributed by atoms with van der Waals surface area (Å²) in [6.45, 7) is 3.74. The zero-order chi connectivity index (χ0) is 18.9. The van der Waals surface area contributed by atoms with Gasteiger partial charge in [0.25, 0.3) is 0 Å². The van der Waals surface area contributed by atoms with Gasteiger partial charge in [0.15, 0.2) is 0 Å². The number of aromatic nitrogens is 2. The molecule has 3 aromatic rings. The van der Waals surface area contributed by atoms with Crippen molar-refractivity contribution in [2.45, 2.75) is 19.9 Å². The Morgan fingerprint density at radius 3 is 2.67 bits per heavy atom. The highest BCUT2D eigenvalue weighted by molar-refractivity contribution is 5.92.